The molecule has 0 aliphatic heterocycles. The largest absolute Gasteiger partial charge is 0.389 e. The lowest BCUT2D eigenvalue weighted by Crippen LogP contribution is -2.64. The van der Waals surface area contributed by atoms with Crippen molar-refractivity contribution < 1.29 is 10.2 Å². The Labute approximate surface area is 189 Å². The van der Waals surface area contributed by atoms with E-state index >= 15 is 0 Å². The highest BCUT2D eigenvalue weighted by Gasteiger charge is 2.72. The third-order valence-electron chi connectivity index (χ3n) is 10.2. The molecule has 4 aliphatic carbocycles. The van der Waals surface area contributed by atoms with E-state index in [1.807, 2.05) is 6.07 Å². The van der Waals surface area contributed by atoms with Gasteiger partial charge in [0.2, 0.25) is 5.96 Å². The molecule has 0 unspecified atom stereocenters. The first kappa shape index (κ1) is 21.8. The van der Waals surface area contributed by atoms with E-state index in [0.29, 0.717) is 24.7 Å². The third kappa shape index (κ3) is 2.81. The quantitative estimate of drug-likeness (QED) is 0.272. The molecule has 0 spiro atoms. The van der Waals surface area contributed by atoms with Crippen molar-refractivity contribution in [2.75, 3.05) is 0 Å². The second kappa shape index (κ2) is 7.22. The fraction of sp³-hybridized carbons (Fsp3) is 0.750. The summed E-state index contributed by atoms with van der Waals surface area (Å²) in [6.45, 7) is 4.52. The van der Waals surface area contributed by atoms with Gasteiger partial charge in [0.1, 0.15) is 0 Å². The number of nitrogens with one attached hydrogen (secondary N) is 2. The van der Waals surface area contributed by atoms with E-state index in [2.05, 4.69) is 34.6 Å². The summed E-state index contributed by atoms with van der Waals surface area (Å²) in [5.74, 6) is 1.05. The number of aromatic nitrogens is 2. The maximum Gasteiger partial charge on any atom is 0.206 e. The third-order valence-corrected chi connectivity index (χ3v) is 10.2. The van der Waals surface area contributed by atoms with Gasteiger partial charge in [0.05, 0.1) is 17.4 Å². The van der Waals surface area contributed by atoms with E-state index in [4.69, 9.17) is 11.1 Å². The molecule has 7 atom stereocenters. The van der Waals surface area contributed by atoms with Gasteiger partial charge in [-0.25, -0.2) is 5.43 Å². The van der Waals surface area contributed by atoms with E-state index in [0.717, 1.165) is 56.2 Å². The molecule has 4 fully saturated rings. The molecule has 5 rings (SSSR count). The molecule has 0 bridgehead atoms. The van der Waals surface area contributed by atoms with Crippen LogP contribution in [0.25, 0.3) is 0 Å². The fourth-order valence-corrected chi connectivity index (χ4v) is 8.28. The lowest BCUT2D eigenvalue weighted by Gasteiger charge is -2.64. The van der Waals surface area contributed by atoms with Gasteiger partial charge in [-0.3, -0.25) is 5.41 Å². The van der Waals surface area contributed by atoms with Crippen LogP contribution in [0.15, 0.2) is 23.6 Å². The number of nitrogens with two attached hydrogens (primary N) is 1. The summed E-state index contributed by atoms with van der Waals surface area (Å²) in [7, 11) is 0. The van der Waals surface area contributed by atoms with E-state index in [-0.39, 0.29) is 17.3 Å². The van der Waals surface area contributed by atoms with Crippen LogP contribution in [0.3, 0.4) is 0 Å². The van der Waals surface area contributed by atoms with Crippen LogP contribution in [-0.4, -0.2) is 37.7 Å². The molecular weight excluding hydrogens is 404 g/mol. The second-order valence-corrected chi connectivity index (χ2v) is 11.2. The van der Waals surface area contributed by atoms with Crippen LogP contribution in [0.5, 0.6) is 0 Å². The van der Waals surface area contributed by atoms with Gasteiger partial charge in [-0.15, -0.1) is 0 Å². The number of hydrogen-bond donors (Lipinski definition) is 5. The summed E-state index contributed by atoms with van der Waals surface area (Å²) in [4.78, 5) is 0. The zero-order chi connectivity index (χ0) is 22.8. The van der Waals surface area contributed by atoms with Gasteiger partial charge >= 0.3 is 0 Å². The van der Waals surface area contributed by atoms with Gasteiger partial charge in [0.15, 0.2) is 0 Å². The van der Waals surface area contributed by atoms with Gasteiger partial charge in [0, 0.05) is 22.9 Å². The molecular formula is C24H36N6O2. The van der Waals surface area contributed by atoms with Gasteiger partial charge < -0.3 is 15.9 Å². The Morgan fingerprint density at radius 2 is 1.94 bits per heavy atom. The SMILES string of the molecule is C[C@]12CCC(=NNC(=N)N)C[C@H]1CC[C@@H]1[C@@H]2CC[C@]2(C)[C@@](O)(c3ccnnc3)CC[C@]12O. The Kier molecular flexibility index (Phi) is 4.91. The van der Waals surface area contributed by atoms with Gasteiger partial charge in [-0.2, -0.15) is 15.3 Å². The first-order valence-corrected chi connectivity index (χ1v) is 12.0. The standard InChI is InChI=1S/C24H36N6O2/c1-21-8-5-17(29-30-20(25)26)13-15(21)3-4-19-18(21)6-9-22(2)23(31,10-11-24(19,22)32)16-7-12-27-28-14-16/h7,12,14-15,18-19,31-32H,3-6,8-11,13H2,1-2H3,(H4,25,26,30)/t15-,18+,19-,21+,22-,23+,24+/m1/s1. The van der Waals surface area contributed by atoms with Crippen LogP contribution in [-0.2, 0) is 5.60 Å². The number of fused-ring (bicyclic) bond motifs is 5. The second-order valence-electron chi connectivity index (χ2n) is 11.2. The molecule has 0 radical (unpaired) electrons. The molecule has 6 N–H and O–H groups in total. The van der Waals surface area contributed by atoms with Crippen molar-refractivity contribution in [1.82, 2.24) is 15.6 Å². The molecule has 174 valence electrons. The van der Waals surface area contributed by atoms with Crippen LogP contribution in [0, 0.1) is 34.0 Å². The van der Waals surface area contributed by atoms with Gasteiger partial charge in [-0.05, 0) is 87.0 Å². The lowest BCUT2D eigenvalue weighted by atomic mass is 9.43. The van der Waals surface area contributed by atoms with Crippen LogP contribution in [0.4, 0.5) is 0 Å². The van der Waals surface area contributed by atoms with Crippen molar-refractivity contribution in [2.45, 2.75) is 82.8 Å². The normalized spacial score (nSPS) is 46.8. The van der Waals surface area contributed by atoms with Crippen molar-refractivity contribution in [2.24, 2.45) is 39.4 Å². The molecule has 0 saturated heterocycles. The zero-order valence-electron chi connectivity index (χ0n) is 19.1. The van der Waals surface area contributed by atoms with Crippen molar-refractivity contribution in [3.63, 3.8) is 0 Å². The summed E-state index contributed by atoms with van der Waals surface area (Å²) in [5.41, 5.74) is 7.50. The van der Waals surface area contributed by atoms with E-state index < -0.39 is 16.6 Å². The number of aliphatic hydroxyl groups is 2. The van der Waals surface area contributed by atoms with Crippen LogP contribution in [0.2, 0.25) is 0 Å². The minimum atomic E-state index is -1.08. The van der Waals surface area contributed by atoms with Crippen LogP contribution in [0.1, 0.15) is 77.2 Å². The predicted octanol–water partition coefficient (Wildman–Crippen LogP) is 2.66. The number of rotatable bonds is 2. The zero-order valence-corrected chi connectivity index (χ0v) is 19.1. The Hall–Kier alpha value is -2.06. The molecule has 4 saturated carbocycles. The van der Waals surface area contributed by atoms with Crippen molar-refractivity contribution in [3.8, 4) is 0 Å². The van der Waals surface area contributed by atoms with E-state index in [9.17, 15) is 10.2 Å². The fourth-order valence-electron chi connectivity index (χ4n) is 8.28. The maximum atomic E-state index is 12.3. The van der Waals surface area contributed by atoms with Gasteiger partial charge in [-0.1, -0.05) is 13.8 Å². The number of nitrogens with zero attached hydrogens (tertiary/aromatic N) is 3. The summed E-state index contributed by atoms with van der Waals surface area (Å²) >= 11 is 0. The smallest absolute Gasteiger partial charge is 0.206 e. The summed E-state index contributed by atoms with van der Waals surface area (Å²) < 4.78 is 0. The Morgan fingerprint density at radius 3 is 2.66 bits per heavy atom. The van der Waals surface area contributed by atoms with Crippen LogP contribution < -0.4 is 11.2 Å². The molecule has 1 aromatic rings. The minimum absolute atomic E-state index is 0.124. The maximum absolute atomic E-state index is 12.3. The van der Waals surface area contributed by atoms with Crippen molar-refractivity contribution in [3.05, 3.63) is 24.0 Å². The van der Waals surface area contributed by atoms with Gasteiger partial charge in [0.25, 0.3) is 0 Å². The highest BCUT2D eigenvalue weighted by Crippen LogP contribution is 2.71. The monoisotopic (exact) mass is 440 g/mol. The van der Waals surface area contributed by atoms with E-state index in [1.54, 1.807) is 12.4 Å². The number of guanidine groups is 1. The molecule has 0 amide bonds. The summed E-state index contributed by atoms with van der Waals surface area (Å²) in [6.07, 6.45) is 11.2. The van der Waals surface area contributed by atoms with E-state index in [1.165, 1.54) is 0 Å². The first-order chi connectivity index (χ1) is 15.1. The Bertz CT molecular complexity index is 940. The minimum Gasteiger partial charge on any atom is -0.389 e. The number of hydrogen-bond acceptors (Lipinski definition) is 6. The Morgan fingerprint density at radius 1 is 1.12 bits per heavy atom. The van der Waals surface area contributed by atoms with Crippen molar-refractivity contribution in [1.29, 1.82) is 5.41 Å². The predicted molar refractivity (Wildman–Crippen MR) is 122 cm³/mol. The summed E-state index contributed by atoms with van der Waals surface area (Å²) in [5, 5.41) is 43.9. The molecule has 1 heterocycles. The summed E-state index contributed by atoms with van der Waals surface area (Å²) in [6, 6.07) is 1.85. The topological polar surface area (TPSA) is 140 Å². The average molecular weight is 441 g/mol. The highest BCUT2D eigenvalue weighted by atomic mass is 16.3. The highest BCUT2D eigenvalue weighted by molar-refractivity contribution is 5.87. The lowest BCUT2D eigenvalue weighted by molar-refractivity contribution is -0.233. The molecule has 1 aromatic heterocycles. The first-order valence-electron chi connectivity index (χ1n) is 12.0. The van der Waals surface area contributed by atoms with Crippen LogP contribution >= 0.6 is 0 Å². The Balaban J connectivity index is 1.43. The average Bonchev–Trinajstić information content (AvgIpc) is 3.00. The molecule has 0 aromatic carbocycles. The molecule has 4 aliphatic rings. The molecule has 8 heteroatoms. The molecule has 32 heavy (non-hydrogen) atoms. The van der Waals surface area contributed by atoms with Crippen molar-refractivity contribution >= 4 is 11.7 Å². The molecule has 8 nitrogen and oxygen atoms in total. The number of hydrazone groups is 1.